The number of rotatable bonds is 3. The molecule has 0 fully saturated rings. The van der Waals surface area contributed by atoms with Gasteiger partial charge < -0.3 is 5.11 Å². The van der Waals surface area contributed by atoms with Crippen LogP contribution >= 0.6 is 0 Å². The lowest BCUT2D eigenvalue weighted by molar-refractivity contribution is -0.139. The molecule has 1 N–H and O–H groups in total. The van der Waals surface area contributed by atoms with Crippen molar-refractivity contribution in [2.24, 2.45) is 0 Å². The minimum Gasteiger partial charge on any atom is -0.481 e. The van der Waals surface area contributed by atoms with Gasteiger partial charge in [0.05, 0.1) is 12.0 Å². The van der Waals surface area contributed by atoms with E-state index in [1.807, 2.05) is 0 Å². The largest absolute Gasteiger partial charge is 0.481 e. The minimum atomic E-state index is -4.65. The maximum atomic E-state index is 13.0. The first-order valence-corrected chi connectivity index (χ1v) is 5.95. The van der Waals surface area contributed by atoms with E-state index in [1.165, 1.54) is 18.2 Å². The first-order valence-electron chi connectivity index (χ1n) is 5.95. The second-order valence-corrected chi connectivity index (χ2v) is 4.45. The zero-order valence-corrected chi connectivity index (χ0v) is 10.6. The van der Waals surface area contributed by atoms with Gasteiger partial charge in [-0.3, -0.25) is 4.79 Å². The van der Waals surface area contributed by atoms with Gasteiger partial charge in [-0.25, -0.2) is 4.39 Å². The molecule has 0 bridgehead atoms. The molecular formula is C15H10F4O2. The molecule has 0 aliphatic carbocycles. The highest BCUT2D eigenvalue weighted by Crippen LogP contribution is 2.35. The van der Waals surface area contributed by atoms with Crippen LogP contribution < -0.4 is 0 Å². The van der Waals surface area contributed by atoms with Gasteiger partial charge in [-0.2, -0.15) is 13.2 Å². The van der Waals surface area contributed by atoms with Crippen molar-refractivity contribution in [2.75, 3.05) is 0 Å². The van der Waals surface area contributed by atoms with Crippen LogP contribution in [0.1, 0.15) is 11.1 Å². The summed E-state index contributed by atoms with van der Waals surface area (Å²) in [7, 11) is 0. The number of halogens is 4. The third kappa shape index (κ3) is 3.59. The van der Waals surface area contributed by atoms with Crippen LogP contribution in [0.4, 0.5) is 17.6 Å². The van der Waals surface area contributed by atoms with E-state index in [0.717, 1.165) is 24.3 Å². The van der Waals surface area contributed by atoms with Gasteiger partial charge in [0, 0.05) is 0 Å². The fourth-order valence-electron chi connectivity index (χ4n) is 1.98. The Morgan fingerprint density at radius 2 is 1.57 bits per heavy atom. The van der Waals surface area contributed by atoms with E-state index in [4.69, 9.17) is 5.11 Å². The monoisotopic (exact) mass is 298 g/mol. The molecule has 110 valence electrons. The van der Waals surface area contributed by atoms with Crippen LogP contribution in [-0.2, 0) is 17.4 Å². The number of carboxylic acid groups (broad SMARTS) is 1. The Labute approximate surface area is 117 Å². The molecule has 0 heterocycles. The predicted molar refractivity (Wildman–Crippen MR) is 68.2 cm³/mol. The van der Waals surface area contributed by atoms with Crippen LogP contribution in [0.3, 0.4) is 0 Å². The summed E-state index contributed by atoms with van der Waals surface area (Å²) in [5.41, 5.74) is -0.632. The van der Waals surface area contributed by atoms with Crippen LogP contribution in [0.25, 0.3) is 11.1 Å². The van der Waals surface area contributed by atoms with E-state index in [-0.39, 0.29) is 11.1 Å². The molecule has 0 aromatic heterocycles. The third-order valence-corrected chi connectivity index (χ3v) is 2.93. The maximum Gasteiger partial charge on any atom is 0.416 e. The van der Waals surface area contributed by atoms with E-state index in [9.17, 15) is 22.4 Å². The molecule has 0 aliphatic rings. The van der Waals surface area contributed by atoms with E-state index >= 15 is 0 Å². The van der Waals surface area contributed by atoms with Crippen molar-refractivity contribution in [3.63, 3.8) is 0 Å². The zero-order valence-electron chi connectivity index (χ0n) is 10.6. The molecule has 0 saturated heterocycles. The van der Waals surface area contributed by atoms with Crippen LogP contribution in [-0.4, -0.2) is 11.1 Å². The summed E-state index contributed by atoms with van der Waals surface area (Å²) in [5, 5.41) is 8.66. The van der Waals surface area contributed by atoms with Gasteiger partial charge in [-0.05, 0) is 34.9 Å². The fourth-order valence-corrected chi connectivity index (χ4v) is 1.98. The topological polar surface area (TPSA) is 37.3 Å². The number of carbonyl (C=O) groups is 1. The Hall–Kier alpha value is -2.37. The SMILES string of the molecule is O=C(O)Cc1ccc(-c2ccc(F)cc2)cc1C(F)(F)F. The third-order valence-electron chi connectivity index (χ3n) is 2.93. The number of benzene rings is 2. The number of carboxylic acids is 1. The molecule has 0 amide bonds. The van der Waals surface area contributed by atoms with Crippen molar-refractivity contribution in [3.8, 4) is 11.1 Å². The Balaban J connectivity index is 2.51. The molecule has 21 heavy (non-hydrogen) atoms. The van der Waals surface area contributed by atoms with E-state index in [1.54, 1.807) is 0 Å². The summed E-state index contributed by atoms with van der Waals surface area (Å²) in [5.74, 6) is -1.83. The smallest absolute Gasteiger partial charge is 0.416 e. The van der Waals surface area contributed by atoms with E-state index in [2.05, 4.69) is 0 Å². The molecule has 2 aromatic carbocycles. The highest BCUT2D eigenvalue weighted by Gasteiger charge is 2.34. The van der Waals surface area contributed by atoms with Crippen LogP contribution in [0.5, 0.6) is 0 Å². The molecule has 2 aromatic rings. The molecule has 0 spiro atoms. The molecular weight excluding hydrogens is 288 g/mol. The number of hydrogen-bond donors (Lipinski definition) is 1. The molecule has 0 radical (unpaired) electrons. The van der Waals surface area contributed by atoms with Crippen LogP contribution in [0, 0.1) is 5.82 Å². The number of aliphatic carboxylic acids is 1. The quantitative estimate of drug-likeness (QED) is 0.865. The lowest BCUT2D eigenvalue weighted by Gasteiger charge is -2.13. The second-order valence-electron chi connectivity index (χ2n) is 4.45. The minimum absolute atomic E-state index is 0.247. The van der Waals surface area contributed by atoms with Crippen molar-refractivity contribution in [1.29, 1.82) is 0 Å². The maximum absolute atomic E-state index is 13.0. The van der Waals surface area contributed by atoms with Crippen molar-refractivity contribution < 1.29 is 27.5 Å². The van der Waals surface area contributed by atoms with Gasteiger partial charge in [-0.15, -0.1) is 0 Å². The van der Waals surface area contributed by atoms with E-state index in [0.29, 0.717) is 5.56 Å². The lowest BCUT2D eigenvalue weighted by atomic mass is 9.97. The first kappa shape index (κ1) is 15.0. The van der Waals surface area contributed by atoms with Crippen molar-refractivity contribution in [1.82, 2.24) is 0 Å². The van der Waals surface area contributed by atoms with Gasteiger partial charge in [0.15, 0.2) is 0 Å². The van der Waals surface area contributed by atoms with E-state index < -0.39 is 29.9 Å². The van der Waals surface area contributed by atoms with Gasteiger partial charge in [0.2, 0.25) is 0 Å². The standard InChI is InChI=1S/C15H10F4O2/c16-12-5-3-9(4-6-12)10-1-2-11(8-14(20)21)13(7-10)15(17,18)19/h1-7H,8H2,(H,20,21). The van der Waals surface area contributed by atoms with Gasteiger partial charge in [-0.1, -0.05) is 24.3 Å². The summed E-state index contributed by atoms with van der Waals surface area (Å²) >= 11 is 0. The molecule has 0 atom stereocenters. The normalized spacial score (nSPS) is 11.4. The van der Waals surface area contributed by atoms with Crippen molar-refractivity contribution in [2.45, 2.75) is 12.6 Å². The second kappa shape index (κ2) is 5.55. The molecule has 6 heteroatoms. The summed E-state index contributed by atoms with van der Waals surface area (Å²) in [6, 6.07) is 8.42. The van der Waals surface area contributed by atoms with Crippen molar-refractivity contribution in [3.05, 3.63) is 59.4 Å². The molecule has 2 nitrogen and oxygen atoms in total. The van der Waals surface area contributed by atoms with Gasteiger partial charge in [0.25, 0.3) is 0 Å². The highest BCUT2D eigenvalue weighted by atomic mass is 19.4. The van der Waals surface area contributed by atoms with Gasteiger partial charge >= 0.3 is 12.1 Å². The first-order chi connectivity index (χ1) is 9.77. The Bertz CT molecular complexity index is 660. The predicted octanol–water partition coefficient (Wildman–Crippen LogP) is 4.14. The summed E-state index contributed by atoms with van der Waals surface area (Å²) in [6.07, 6.45) is -5.36. The summed E-state index contributed by atoms with van der Waals surface area (Å²) in [6.45, 7) is 0. The summed E-state index contributed by atoms with van der Waals surface area (Å²) in [4.78, 5) is 10.6. The Morgan fingerprint density at radius 1 is 1.00 bits per heavy atom. The Kier molecular flexibility index (Phi) is 3.97. The lowest BCUT2D eigenvalue weighted by Crippen LogP contribution is -2.12. The average Bonchev–Trinajstić information content (AvgIpc) is 2.38. The molecule has 0 saturated carbocycles. The fraction of sp³-hybridized carbons (Fsp3) is 0.133. The molecule has 0 unspecified atom stereocenters. The number of hydrogen-bond acceptors (Lipinski definition) is 1. The zero-order chi connectivity index (χ0) is 15.6. The highest BCUT2D eigenvalue weighted by molar-refractivity contribution is 5.72. The average molecular weight is 298 g/mol. The summed E-state index contributed by atoms with van der Waals surface area (Å²) < 4.78 is 51.9. The van der Waals surface area contributed by atoms with Crippen LogP contribution in [0.15, 0.2) is 42.5 Å². The Morgan fingerprint density at radius 3 is 2.10 bits per heavy atom. The van der Waals surface area contributed by atoms with Crippen LogP contribution in [0.2, 0.25) is 0 Å². The van der Waals surface area contributed by atoms with Crippen molar-refractivity contribution >= 4 is 5.97 Å². The molecule has 0 aliphatic heterocycles. The number of alkyl halides is 3. The van der Waals surface area contributed by atoms with Gasteiger partial charge in [0.1, 0.15) is 5.82 Å². The molecule has 2 rings (SSSR count).